The van der Waals surface area contributed by atoms with E-state index in [2.05, 4.69) is 16.0 Å². The van der Waals surface area contributed by atoms with Gasteiger partial charge in [-0.2, -0.15) is 0 Å². The fraction of sp³-hybridized carbons (Fsp3) is 0.348. The van der Waals surface area contributed by atoms with Crippen molar-refractivity contribution >= 4 is 34.8 Å². The van der Waals surface area contributed by atoms with Crippen LogP contribution in [0.15, 0.2) is 48.5 Å². The molecular formula is C23H30N4O3. The van der Waals surface area contributed by atoms with Gasteiger partial charge >= 0.3 is 0 Å². The Morgan fingerprint density at radius 3 is 1.83 bits per heavy atom. The van der Waals surface area contributed by atoms with Crippen LogP contribution in [0.5, 0.6) is 0 Å². The van der Waals surface area contributed by atoms with Crippen LogP contribution in [-0.2, 0) is 9.59 Å². The number of hydrogen-bond donors (Lipinski definition) is 3. The van der Waals surface area contributed by atoms with Crippen LogP contribution < -0.4 is 16.0 Å². The maximum atomic E-state index is 12.3. The van der Waals surface area contributed by atoms with Gasteiger partial charge in [-0.1, -0.05) is 13.8 Å². The summed E-state index contributed by atoms with van der Waals surface area (Å²) >= 11 is 0. The van der Waals surface area contributed by atoms with Crippen molar-refractivity contribution < 1.29 is 14.4 Å². The van der Waals surface area contributed by atoms with E-state index >= 15 is 0 Å². The maximum Gasteiger partial charge on any atom is 0.253 e. The summed E-state index contributed by atoms with van der Waals surface area (Å²) in [5.41, 5.74) is 2.71. The van der Waals surface area contributed by atoms with Gasteiger partial charge in [0, 0.05) is 41.6 Å². The van der Waals surface area contributed by atoms with Crippen molar-refractivity contribution in [1.82, 2.24) is 4.90 Å². The molecule has 160 valence electrons. The lowest BCUT2D eigenvalue weighted by atomic mass is 10.1. The summed E-state index contributed by atoms with van der Waals surface area (Å²) in [7, 11) is 0. The second kappa shape index (κ2) is 11.0. The van der Waals surface area contributed by atoms with E-state index in [1.807, 2.05) is 27.7 Å². The normalized spacial score (nSPS) is 10.4. The van der Waals surface area contributed by atoms with E-state index in [9.17, 15) is 14.4 Å². The molecule has 0 saturated heterocycles. The Labute approximate surface area is 177 Å². The van der Waals surface area contributed by atoms with Gasteiger partial charge in [0.25, 0.3) is 5.91 Å². The Balaban J connectivity index is 1.84. The highest BCUT2D eigenvalue weighted by molar-refractivity contribution is 5.97. The van der Waals surface area contributed by atoms with E-state index < -0.39 is 0 Å². The van der Waals surface area contributed by atoms with Crippen LogP contribution in [0.25, 0.3) is 0 Å². The van der Waals surface area contributed by atoms with E-state index in [1.165, 1.54) is 0 Å². The Morgan fingerprint density at radius 1 is 0.800 bits per heavy atom. The topological polar surface area (TPSA) is 90.5 Å². The summed E-state index contributed by atoms with van der Waals surface area (Å²) in [5, 5.41) is 8.66. The van der Waals surface area contributed by atoms with Gasteiger partial charge in [0.1, 0.15) is 0 Å². The van der Waals surface area contributed by atoms with Crippen LogP contribution >= 0.6 is 0 Å². The van der Waals surface area contributed by atoms with Crippen molar-refractivity contribution in [2.45, 2.75) is 27.7 Å². The van der Waals surface area contributed by atoms with E-state index in [4.69, 9.17) is 0 Å². The number of rotatable bonds is 9. The molecule has 0 atom stereocenters. The van der Waals surface area contributed by atoms with Crippen LogP contribution in [0.2, 0.25) is 0 Å². The van der Waals surface area contributed by atoms with Gasteiger partial charge in [-0.05, 0) is 62.4 Å². The van der Waals surface area contributed by atoms with Crippen molar-refractivity contribution in [1.29, 1.82) is 0 Å². The van der Waals surface area contributed by atoms with Gasteiger partial charge in [-0.15, -0.1) is 0 Å². The first kappa shape index (κ1) is 22.9. The summed E-state index contributed by atoms with van der Waals surface area (Å²) in [4.78, 5) is 38.0. The molecule has 7 nitrogen and oxygen atoms in total. The van der Waals surface area contributed by atoms with Crippen LogP contribution in [0, 0.1) is 5.92 Å². The minimum Gasteiger partial charge on any atom is -0.376 e. The molecule has 0 aromatic heterocycles. The summed E-state index contributed by atoms with van der Waals surface area (Å²) in [6.07, 6.45) is 0. The van der Waals surface area contributed by atoms with Gasteiger partial charge in [0.15, 0.2) is 0 Å². The molecule has 3 N–H and O–H groups in total. The van der Waals surface area contributed by atoms with Gasteiger partial charge < -0.3 is 20.9 Å². The molecule has 30 heavy (non-hydrogen) atoms. The van der Waals surface area contributed by atoms with Crippen molar-refractivity contribution in [3.8, 4) is 0 Å². The van der Waals surface area contributed by atoms with Gasteiger partial charge in [-0.3, -0.25) is 14.4 Å². The molecule has 2 rings (SSSR count). The van der Waals surface area contributed by atoms with Gasteiger partial charge in [0.05, 0.1) is 6.54 Å². The number of benzene rings is 2. The highest BCUT2D eigenvalue weighted by atomic mass is 16.2. The smallest absolute Gasteiger partial charge is 0.253 e. The molecule has 0 radical (unpaired) electrons. The fourth-order valence-corrected chi connectivity index (χ4v) is 2.74. The predicted octanol–water partition coefficient (Wildman–Crippen LogP) is 3.81. The summed E-state index contributed by atoms with van der Waals surface area (Å²) in [5.74, 6) is -0.349. The minimum atomic E-state index is -0.199. The average Bonchev–Trinajstić information content (AvgIpc) is 2.74. The van der Waals surface area contributed by atoms with E-state index in [0.717, 1.165) is 5.69 Å². The molecule has 0 unspecified atom stereocenters. The number of amides is 3. The zero-order valence-electron chi connectivity index (χ0n) is 18.0. The van der Waals surface area contributed by atoms with Crippen molar-refractivity contribution in [2.75, 3.05) is 35.6 Å². The first-order valence-corrected chi connectivity index (χ1v) is 10.2. The third-order valence-electron chi connectivity index (χ3n) is 4.60. The quantitative estimate of drug-likeness (QED) is 0.586. The molecule has 2 aromatic rings. The molecule has 0 fully saturated rings. The monoisotopic (exact) mass is 410 g/mol. The molecule has 0 bridgehead atoms. The lowest BCUT2D eigenvalue weighted by Crippen LogP contribution is -2.30. The van der Waals surface area contributed by atoms with Crippen molar-refractivity contribution in [2.24, 2.45) is 5.92 Å². The van der Waals surface area contributed by atoms with Crippen molar-refractivity contribution in [3.05, 3.63) is 54.1 Å². The highest BCUT2D eigenvalue weighted by Crippen LogP contribution is 2.15. The first-order chi connectivity index (χ1) is 14.3. The van der Waals surface area contributed by atoms with Gasteiger partial charge in [0.2, 0.25) is 11.8 Å². The standard InChI is InChI=1S/C23H30N4O3/c1-5-27(6-2)23(30)17-7-9-19(10-8-17)25-21(28)15-24-18-11-13-20(14-12-18)26-22(29)16(3)4/h7-14,16,24H,5-6,15H2,1-4H3,(H,25,28)(H,26,29). The van der Waals surface area contributed by atoms with E-state index in [0.29, 0.717) is 30.0 Å². The summed E-state index contributed by atoms with van der Waals surface area (Å²) in [6.45, 7) is 8.96. The second-order valence-electron chi connectivity index (χ2n) is 7.18. The third-order valence-corrected chi connectivity index (χ3v) is 4.60. The molecule has 3 amide bonds. The molecule has 0 spiro atoms. The Bertz CT molecular complexity index is 857. The third kappa shape index (κ3) is 6.62. The fourth-order valence-electron chi connectivity index (χ4n) is 2.74. The number of anilines is 3. The Hall–Kier alpha value is -3.35. The van der Waals surface area contributed by atoms with Crippen LogP contribution in [0.1, 0.15) is 38.1 Å². The molecule has 7 heteroatoms. The largest absolute Gasteiger partial charge is 0.376 e. The Kier molecular flexibility index (Phi) is 8.41. The van der Waals surface area contributed by atoms with Crippen LogP contribution in [0.4, 0.5) is 17.1 Å². The van der Waals surface area contributed by atoms with E-state index in [1.54, 1.807) is 53.4 Å². The number of carbonyl (C=O) groups excluding carboxylic acids is 3. The predicted molar refractivity (Wildman–Crippen MR) is 121 cm³/mol. The summed E-state index contributed by atoms with van der Waals surface area (Å²) < 4.78 is 0. The van der Waals surface area contributed by atoms with E-state index in [-0.39, 0.29) is 30.2 Å². The number of carbonyl (C=O) groups is 3. The second-order valence-corrected chi connectivity index (χ2v) is 7.18. The minimum absolute atomic E-state index is 0.0208. The van der Waals surface area contributed by atoms with Crippen molar-refractivity contribution in [3.63, 3.8) is 0 Å². The number of nitrogens with zero attached hydrogens (tertiary/aromatic N) is 1. The SMILES string of the molecule is CCN(CC)C(=O)c1ccc(NC(=O)CNc2ccc(NC(=O)C(C)C)cc2)cc1. The van der Waals surface area contributed by atoms with Gasteiger partial charge in [-0.25, -0.2) is 0 Å². The van der Waals surface area contributed by atoms with Crippen LogP contribution in [-0.4, -0.2) is 42.3 Å². The molecule has 0 saturated carbocycles. The summed E-state index contributed by atoms with van der Waals surface area (Å²) in [6, 6.07) is 14.1. The number of hydrogen-bond acceptors (Lipinski definition) is 4. The lowest BCUT2D eigenvalue weighted by molar-refractivity contribution is -0.119. The molecule has 0 aliphatic carbocycles. The Morgan fingerprint density at radius 2 is 1.30 bits per heavy atom. The molecule has 0 aliphatic rings. The first-order valence-electron chi connectivity index (χ1n) is 10.2. The number of nitrogens with one attached hydrogen (secondary N) is 3. The zero-order chi connectivity index (χ0) is 22.1. The molecular weight excluding hydrogens is 380 g/mol. The average molecular weight is 411 g/mol. The lowest BCUT2D eigenvalue weighted by Gasteiger charge is -2.18. The molecule has 0 heterocycles. The highest BCUT2D eigenvalue weighted by Gasteiger charge is 2.12. The molecule has 0 aliphatic heterocycles. The van der Waals surface area contributed by atoms with Crippen LogP contribution in [0.3, 0.4) is 0 Å². The molecule has 2 aromatic carbocycles. The maximum absolute atomic E-state index is 12.3. The zero-order valence-corrected chi connectivity index (χ0v) is 18.0.